The van der Waals surface area contributed by atoms with Gasteiger partial charge in [0.1, 0.15) is 17.9 Å². The van der Waals surface area contributed by atoms with Gasteiger partial charge >= 0.3 is 0 Å². The third-order valence-corrected chi connectivity index (χ3v) is 5.21. The molecule has 0 aromatic heterocycles. The highest BCUT2D eigenvalue weighted by molar-refractivity contribution is 5.95. The lowest BCUT2D eigenvalue weighted by atomic mass is 9.88. The van der Waals surface area contributed by atoms with Crippen LogP contribution < -0.4 is 26.9 Å². The average molecular weight is 438 g/mol. The van der Waals surface area contributed by atoms with Gasteiger partial charge in [0, 0.05) is 37.3 Å². The molecule has 1 aliphatic rings. The number of nitrogens with one attached hydrogen (secondary N) is 3. The number of carbonyl (C=O) groups excluding carboxylic acids is 2. The minimum Gasteiger partial charge on any atom is -0.497 e. The predicted molar refractivity (Wildman–Crippen MR) is 122 cm³/mol. The molecule has 168 valence electrons. The summed E-state index contributed by atoms with van der Waals surface area (Å²) < 4.78 is 5.28. The molecule has 2 amide bonds. The van der Waals surface area contributed by atoms with Gasteiger partial charge in [-0.2, -0.15) is 0 Å². The molecule has 2 aromatic rings. The number of nitrogen functional groups attached to an aromatic ring is 2. The van der Waals surface area contributed by atoms with Crippen molar-refractivity contribution in [3.05, 3.63) is 59.2 Å². The Hall–Kier alpha value is -3.92. The number of nitrogens with two attached hydrogens (primary N) is 2. The zero-order valence-corrected chi connectivity index (χ0v) is 18.0. The number of amidine groups is 1. The first-order valence-corrected chi connectivity index (χ1v) is 10.0. The van der Waals surface area contributed by atoms with Crippen molar-refractivity contribution < 1.29 is 14.3 Å². The van der Waals surface area contributed by atoms with E-state index in [9.17, 15) is 9.59 Å². The van der Waals surface area contributed by atoms with Gasteiger partial charge in [0.25, 0.3) is 0 Å². The van der Waals surface area contributed by atoms with Crippen LogP contribution in [-0.4, -0.2) is 43.2 Å². The summed E-state index contributed by atoms with van der Waals surface area (Å²) in [4.78, 5) is 30.2. The van der Waals surface area contributed by atoms with Gasteiger partial charge in [-0.3, -0.25) is 20.0 Å². The number of nitrogens with zero attached hydrogens (tertiary/aromatic N) is 2. The molecule has 32 heavy (non-hydrogen) atoms. The van der Waals surface area contributed by atoms with Crippen LogP contribution in [0.2, 0.25) is 0 Å². The number of rotatable bonds is 8. The molecule has 7 N–H and O–H groups in total. The molecule has 10 heteroatoms. The number of aliphatic imine (C=N–C) groups is 1. The van der Waals surface area contributed by atoms with Crippen LogP contribution in [-0.2, 0) is 16.1 Å². The molecule has 1 aliphatic heterocycles. The Bertz CT molecular complexity index is 1040. The van der Waals surface area contributed by atoms with E-state index in [0.29, 0.717) is 22.6 Å². The zero-order chi connectivity index (χ0) is 23.3. The molecule has 0 spiro atoms. The number of carbonyl (C=O) groups is 2. The van der Waals surface area contributed by atoms with Gasteiger partial charge in [-0.05, 0) is 23.3 Å². The van der Waals surface area contributed by atoms with E-state index in [2.05, 4.69) is 15.7 Å². The lowest BCUT2D eigenvalue weighted by molar-refractivity contribution is -0.138. The summed E-state index contributed by atoms with van der Waals surface area (Å²) in [5.74, 6) is -0.743. The number of hydrogen-bond acceptors (Lipinski definition) is 7. The lowest BCUT2D eigenvalue weighted by Crippen LogP contribution is -2.48. The third kappa shape index (κ3) is 5.22. The molecule has 0 bridgehead atoms. The van der Waals surface area contributed by atoms with Crippen molar-refractivity contribution in [2.45, 2.75) is 19.0 Å². The van der Waals surface area contributed by atoms with Gasteiger partial charge in [-0.1, -0.05) is 24.3 Å². The number of ether oxygens (including phenoxy) is 1. The molecule has 0 fully saturated rings. The second kappa shape index (κ2) is 9.92. The van der Waals surface area contributed by atoms with Crippen molar-refractivity contribution in [1.29, 1.82) is 5.41 Å². The average Bonchev–Trinajstić information content (AvgIpc) is 2.78. The fraction of sp³-hybridized carbons (Fsp3) is 0.273. The van der Waals surface area contributed by atoms with Crippen molar-refractivity contribution in [3.8, 4) is 5.75 Å². The van der Waals surface area contributed by atoms with Crippen molar-refractivity contribution >= 4 is 29.7 Å². The van der Waals surface area contributed by atoms with Crippen LogP contribution in [0.15, 0.2) is 47.5 Å². The molecule has 3 rings (SSSR count). The summed E-state index contributed by atoms with van der Waals surface area (Å²) in [5.41, 5.74) is 16.8. The van der Waals surface area contributed by atoms with E-state index in [4.69, 9.17) is 21.6 Å². The van der Waals surface area contributed by atoms with Crippen LogP contribution in [0.25, 0.3) is 0 Å². The fourth-order valence-corrected chi connectivity index (χ4v) is 3.51. The van der Waals surface area contributed by atoms with Crippen LogP contribution in [0.1, 0.15) is 29.2 Å². The number of hydrazine groups is 1. The molecular formula is C22H27N7O3. The Morgan fingerprint density at radius 1 is 1.25 bits per heavy atom. The predicted octanol–water partition coefficient (Wildman–Crippen LogP) is 0.930. The van der Waals surface area contributed by atoms with Crippen LogP contribution in [0, 0.1) is 11.3 Å². The molecular weight excluding hydrogens is 410 g/mol. The van der Waals surface area contributed by atoms with Gasteiger partial charge in [0.2, 0.25) is 11.8 Å². The van der Waals surface area contributed by atoms with E-state index < -0.39 is 12.0 Å². The number of anilines is 1. The van der Waals surface area contributed by atoms with E-state index >= 15 is 0 Å². The largest absolute Gasteiger partial charge is 0.497 e. The third-order valence-electron chi connectivity index (χ3n) is 5.21. The summed E-state index contributed by atoms with van der Waals surface area (Å²) in [6.07, 6.45) is 1.36. The minimum absolute atomic E-state index is 0.0183. The van der Waals surface area contributed by atoms with E-state index in [-0.39, 0.29) is 30.6 Å². The Balaban J connectivity index is 1.75. The quantitative estimate of drug-likeness (QED) is 0.235. The Morgan fingerprint density at radius 3 is 2.59 bits per heavy atom. The SMILES string of the molecule is CNN1C=NC(c2cc(N)cc(OC)c2)C(CC(=O)NCc2ccc(C(=N)N)cc2)C1=O. The first kappa shape index (κ1) is 22.8. The standard InChI is InChI=1S/C22H27N7O3/c1-26-29-12-28-20(15-7-16(23)9-17(8-15)32-2)18(22(29)31)10-19(30)27-11-13-3-5-14(6-4-13)21(24)25/h3-9,12,18,20,26H,10-11,23H2,1-2H3,(H3,24,25)(H,27,30). The van der Waals surface area contributed by atoms with Crippen LogP contribution in [0.5, 0.6) is 5.75 Å². The maximum absolute atomic E-state index is 13.0. The van der Waals surface area contributed by atoms with Gasteiger partial charge in [-0.15, -0.1) is 0 Å². The highest BCUT2D eigenvalue weighted by atomic mass is 16.5. The second-order valence-corrected chi connectivity index (χ2v) is 7.38. The summed E-state index contributed by atoms with van der Waals surface area (Å²) in [6, 6.07) is 11.6. The molecule has 2 unspecified atom stereocenters. The first-order valence-electron chi connectivity index (χ1n) is 10.0. The van der Waals surface area contributed by atoms with Gasteiger partial charge < -0.3 is 21.5 Å². The Kier molecular flexibility index (Phi) is 7.06. The van der Waals surface area contributed by atoms with E-state index in [1.807, 2.05) is 0 Å². The summed E-state index contributed by atoms with van der Waals surface area (Å²) in [5, 5.41) is 11.5. The summed E-state index contributed by atoms with van der Waals surface area (Å²) in [6.45, 7) is 0.285. The molecule has 0 radical (unpaired) electrons. The van der Waals surface area contributed by atoms with Crippen molar-refractivity contribution in [1.82, 2.24) is 15.8 Å². The van der Waals surface area contributed by atoms with E-state index in [1.165, 1.54) is 18.5 Å². The number of hydrogen-bond donors (Lipinski definition) is 5. The highest BCUT2D eigenvalue weighted by Crippen LogP contribution is 2.35. The number of methoxy groups -OCH3 is 1. The van der Waals surface area contributed by atoms with Crippen molar-refractivity contribution in [2.75, 3.05) is 19.9 Å². The molecule has 0 saturated heterocycles. The minimum atomic E-state index is -0.723. The normalized spacial score (nSPS) is 17.8. The maximum atomic E-state index is 13.0. The summed E-state index contributed by atoms with van der Waals surface area (Å²) in [7, 11) is 3.14. The van der Waals surface area contributed by atoms with Gasteiger partial charge in [-0.25, -0.2) is 10.4 Å². The maximum Gasteiger partial charge on any atom is 0.248 e. The van der Waals surface area contributed by atoms with Crippen molar-refractivity contribution in [3.63, 3.8) is 0 Å². The lowest BCUT2D eigenvalue weighted by Gasteiger charge is -2.32. The second-order valence-electron chi connectivity index (χ2n) is 7.38. The topological polar surface area (TPSA) is 159 Å². The Labute approximate surface area is 186 Å². The zero-order valence-electron chi connectivity index (χ0n) is 18.0. The van der Waals surface area contributed by atoms with E-state index in [1.54, 1.807) is 49.5 Å². The highest BCUT2D eigenvalue weighted by Gasteiger charge is 2.37. The van der Waals surface area contributed by atoms with Crippen LogP contribution >= 0.6 is 0 Å². The van der Waals surface area contributed by atoms with E-state index in [0.717, 1.165) is 5.56 Å². The first-order chi connectivity index (χ1) is 15.3. The number of amides is 2. The smallest absolute Gasteiger partial charge is 0.248 e. The summed E-state index contributed by atoms with van der Waals surface area (Å²) >= 11 is 0. The van der Waals surface area contributed by atoms with Gasteiger partial charge in [0.05, 0.1) is 19.1 Å². The monoisotopic (exact) mass is 437 g/mol. The Morgan fingerprint density at radius 2 is 1.97 bits per heavy atom. The van der Waals surface area contributed by atoms with Gasteiger partial charge in [0.15, 0.2) is 0 Å². The van der Waals surface area contributed by atoms with Crippen LogP contribution in [0.4, 0.5) is 5.69 Å². The molecule has 0 saturated carbocycles. The molecule has 10 nitrogen and oxygen atoms in total. The molecule has 2 aromatic carbocycles. The van der Waals surface area contributed by atoms with Crippen molar-refractivity contribution in [2.24, 2.45) is 16.6 Å². The van der Waals surface area contributed by atoms with Crippen LogP contribution in [0.3, 0.4) is 0 Å². The fourth-order valence-electron chi connectivity index (χ4n) is 3.51. The molecule has 2 atom stereocenters. The molecule has 0 aliphatic carbocycles. The number of benzene rings is 2. The molecule has 1 heterocycles.